The molecule has 0 bridgehead atoms. The van der Waals surface area contributed by atoms with Gasteiger partial charge in [-0.25, -0.2) is 0 Å². The lowest BCUT2D eigenvalue weighted by atomic mass is 9.43. The van der Waals surface area contributed by atoms with Crippen LogP contribution < -0.4 is 0 Å². The second-order valence-corrected chi connectivity index (χ2v) is 14.1. The van der Waals surface area contributed by atoms with Crippen LogP contribution in [0.3, 0.4) is 0 Å². The molecule has 4 aliphatic rings. The van der Waals surface area contributed by atoms with Crippen molar-refractivity contribution in [3.63, 3.8) is 0 Å². The van der Waals surface area contributed by atoms with Gasteiger partial charge in [0, 0.05) is 0 Å². The van der Waals surface area contributed by atoms with Crippen molar-refractivity contribution >= 4 is 0 Å². The van der Waals surface area contributed by atoms with E-state index in [0.717, 1.165) is 48.9 Å². The molecule has 4 rings (SSSR count). The average Bonchev–Trinajstić information content (AvgIpc) is 3.04. The van der Waals surface area contributed by atoms with Gasteiger partial charge in [0.15, 0.2) is 0 Å². The Morgan fingerprint density at radius 3 is 2.23 bits per heavy atom. The van der Waals surface area contributed by atoms with Crippen LogP contribution in [-0.2, 0) is 0 Å². The predicted octanol–water partition coefficient (Wildman–Crippen LogP) is 7.22. The smallest absolute Gasteiger partial charge is 0.0642 e. The van der Waals surface area contributed by atoms with Gasteiger partial charge in [-0.3, -0.25) is 0 Å². The molecule has 4 fully saturated rings. The zero-order valence-electron chi connectivity index (χ0n) is 21.7. The van der Waals surface area contributed by atoms with E-state index in [1.54, 1.807) is 0 Å². The van der Waals surface area contributed by atoms with E-state index in [4.69, 9.17) is 0 Å². The van der Waals surface area contributed by atoms with E-state index in [0.29, 0.717) is 22.7 Å². The summed E-state index contributed by atoms with van der Waals surface area (Å²) < 4.78 is 0. The van der Waals surface area contributed by atoms with Crippen molar-refractivity contribution in [2.45, 2.75) is 130 Å². The molecule has 0 aromatic heterocycles. The lowest BCUT2D eigenvalue weighted by Gasteiger charge is -2.62. The Bertz CT molecular complexity index is 651. The summed E-state index contributed by atoms with van der Waals surface area (Å²) in [6, 6.07) is 0. The van der Waals surface area contributed by atoms with Gasteiger partial charge in [0.25, 0.3) is 0 Å². The molecule has 0 saturated heterocycles. The Morgan fingerprint density at radius 2 is 1.55 bits per heavy atom. The van der Waals surface area contributed by atoms with Gasteiger partial charge in [-0.05, 0) is 137 Å². The highest BCUT2D eigenvalue weighted by atomic mass is 16.3. The largest absolute Gasteiger partial charge is 0.390 e. The summed E-state index contributed by atoms with van der Waals surface area (Å²) in [5.74, 6) is 5.32. The Kier molecular flexibility index (Phi) is 6.21. The minimum absolute atomic E-state index is 0.328. The van der Waals surface area contributed by atoms with Crippen LogP contribution in [0.25, 0.3) is 0 Å². The molecular weight excluding hydrogens is 380 g/mol. The minimum atomic E-state index is -0.528. The standard InChI is InChI=1S/C29H52O2/c1-19(2)29(7,31)15-12-20(3)23-10-11-24-22-9-8-21-18-26(4,30)16-17-27(21,5)25(22)13-14-28(23,24)6/h19-25,30-31H,8-18H2,1-7H3/t20-,21-,22+,23-,24+,25+,26+,27+,28-,29-/m1/s1. The molecule has 180 valence electrons. The van der Waals surface area contributed by atoms with Crippen LogP contribution >= 0.6 is 0 Å². The monoisotopic (exact) mass is 432 g/mol. The van der Waals surface area contributed by atoms with Crippen molar-refractivity contribution in [2.75, 3.05) is 0 Å². The summed E-state index contributed by atoms with van der Waals surface area (Å²) in [5, 5.41) is 21.5. The van der Waals surface area contributed by atoms with Crippen molar-refractivity contribution in [3.05, 3.63) is 0 Å². The second kappa shape index (κ2) is 8.00. The molecule has 0 aromatic carbocycles. The fourth-order valence-corrected chi connectivity index (χ4v) is 9.42. The number of hydrogen-bond acceptors (Lipinski definition) is 2. The van der Waals surface area contributed by atoms with E-state index in [1.807, 2.05) is 6.92 Å². The molecule has 0 heterocycles. The molecular formula is C29H52O2. The highest BCUT2D eigenvalue weighted by Crippen LogP contribution is 2.68. The molecule has 2 nitrogen and oxygen atoms in total. The quantitative estimate of drug-likeness (QED) is 0.481. The lowest BCUT2D eigenvalue weighted by Crippen LogP contribution is -2.55. The second-order valence-electron chi connectivity index (χ2n) is 14.1. The summed E-state index contributed by atoms with van der Waals surface area (Å²) in [6.07, 6.45) is 13.8. The van der Waals surface area contributed by atoms with Crippen LogP contribution in [0.4, 0.5) is 0 Å². The first-order chi connectivity index (χ1) is 14.3. The van der Waals surface area contributed by atoms with Crippen molar-refractivity contribution in [2.24, 2.45) is 52.3 Å². The molecule has 2 N–H and O–H groups in total. The number of aliphatic hydroxyl groups is 2. The Morgan fingerprint density at radius 1 is 0.871 bits per heavy atom. The third kappa shape index (κ3) is 4.05. The van der Waals surface area contributed by atoms with Crippen molar-refractivity contribution in [3.8, 4) is 0 Å². The molecule has 4 saturated carbocycles. The third-order valence-corrected chi connectivity index (χ3v) is 12.1. The molecule has 0 aromatic rings. The number of rotatable bonds is 5. The Hall–Kier alpha value is -0.0800. The summed E-state index contributed by atoms with van der Waals surface area (Å²) >= 11 is 0. The first kappa shape index (κ1) is 24.1. The van der Waals surface area contributed by atoms with Crippen molar-refractivity contribution in [1.82, 2.24) is 0 Å². The van der Waals surface area contributed by atoms with Crippen LogP contribution in [0, 0.1) is 52.3 Å². The molecule has 4 aliphatic carbocycles. The van der Waals surface area contributed by atoms with E-state index in [9.17, 15) is 10.2 Å². The van der Waals surface area contributed by atoms with E-state index < -0.39 is 11.2 Å². The van der Waals surface area contributed by atoms with Crippen LogP contribution in [0.2, 0.25) is 0 Å². The van der Waals surface area contributed by atoms with Crippen LogP contribution in [0.1, 0.15) is 119 Å². The summed E-state index contributed by atoms with van der Waals surface area (Å²) in [5.41, 5.74) is 0.0189. The van der Waals surface area contributed by atoms with Gasteiger partial charge in [0.2, 0.25) is 0 Å². The van der Waals surface area contributed by atoms with E-state index >= 15 is 0 Å². The zero-order valence-corrected chi connectivity index (χ0v) is 21.7. The fourth-order valence-electron chi connectivity index (χ4n) is 9.42. The summed E-state index contributed by atoms with van der Waals surface area (Å²) in [6.45, 7) is 16.2. The number of hydrogen-bond donors (Lipinski definition) is 2. The van der Waals surface area contributed by atoms with Gasteiger partial charge in [0.1, 0.15) is 0 Å². The maximum Gasteiger partial charge on any atom is 0.0642 e. The Balaban J connectivity index is 1.47. The average molecular weight is 433 g/mol. The highest BCUT2D eigenvalue weighted by molar-refractivity contribution is 5.10. The first-order valence-corrected chi connectivity index (χ1v) is 13.7. The van der Waals surface area contributed by atoms with E-state index in [2.05, 4.69) is 41.5 Å². The van der Waals surface area contributed by atoms with Crippen molar-refractivity contribution < 1.29 is 10.2 Å². The van der Waals surface area contributed by atoms with E-state index in [-0.39, 0.29) is 0 Å². The SMILES string of the molecule is CC(C)[C@](C)(O)CC[C@@H](C)[C@H]1CC[C@H]2[C@@H]3CC[C@@H]4C[C@@](C)(O)CC[C@]4(C)[C@H]3CC[C@]12C. The topological polar surface area (TPSA) is 40.5 Å². The predicted molar refractivity (Wildman–Crippen MR) is 130 cm³/mol. The summed E-state index contributed by atoms with van der Waals surface area (Å²) in [4.78, 5) is 0. The molecule has 2 heteroatoms. The first-order valence-electron chi connectivity index (χ1n) is 13.7. The fraction of sp³-hybridized carbons (Fsp3) is 1.00. The zero-order chi connectivity index (χ0) is 22.8. The molecule has 31 heavy (non-hydrogen) atoms. The van der Waals surface area contributed by atoms with E-state index in [1.165, 1.54) is 51.4 Å². The van der Waals surface area contributed by atoms with Gasteiger partial charge in [-0.2, -0.15) is 0 Å². The molecule has 0 radical (unpaired) electrons. The van der Waals surface area contributed by atoms with Crippen LogP contribution in [0.15, 0.2) is 0 Å². The Labute approximate surface area is 193 Å². The maximum atomic E-state index is 10.8. The maximum absolute atomic E-state index is 10.8. The normalized spacial score (nSPS) is 50.3. The van der Waals surface area contributed by atoms with Crippen molar-refractivity contribution in [1.29, 1.82) is 0 Å². The molecule has 0 unspecified atom stereocenters. The molecule has 0 amide bonds. The van der Waals surface area contributed by atoms with Gasteiger partial charge in [0.05, 0.1) is 11.2 Å². The minimum Gasteiger partial charge on any atom is -0.390 e. The van der Waals surface area contributed by atoms with Gasteiger partial charge in [-0.15, -0.1) is 0 Å². The molecule has 10 atom stereocenters. The van der Waals surface area contributed by atoms with Gasteiger partial charge in [-0.1, -0.05) is 34.6 Å². The summed E-state index contributed by atoms with van der Waals surface area (Å²) in [7, 11) is 0. The van der Waals surface area contributed by atoms with Crippen LogP contribution in [0.5, 0.6) is 0 Å². The van der Waals surface area contributed by atoms with Gasteiger partial charge < -0.3 is 10.2 Å². The highest BCUT2D eigenvalue weighted by Gasteiger charge is 2.61. The molecule has 0 spiro atoms. The third-order valence-electron chi connectivity index (χ3n) is 12.1. The van der Waals surface area contributed by atoms with Gasteiger partial charge >= 0.3 is 0 Å². The van der Waals surface area contributed by atoms with Crippen LogP contribution in [-0.4, -0.2) is 21.4 Å². The number of fused-ring (bicyclic) bond motifs is 5. The molecule has 0 aliphatic heterocycles. The lowest BCUT2D eigenvalue weighted by molar-refractivity contribution is -0.148.